The van der Waals surface area contributed by atoms with Crippen LogP contribution in [0.3, 0.4) is 0 Å². The molecule has 1 aliphatic heterocycles. The van der Waals surface area contributed by atoms with E-state index in [0.29, 0.717) is 0 Å². The van der Waals surface area contributed by atoms with Gasteiger partial charge < -0.3 is 20.3 Å². The van der Waals surface area contributed by atoms with Gasteiger partial charge in [0.05, 0.1) is 0 Å². The fourth-order valence-electron chi connectivity index (χ4n) is 2.38. The Morgan fingerprint density at radius 3 is 2.74 bits per heavy atom. The summed E-state index contributed by atoms with van der Waals surface area (Å²) < 4.78 is 5.04. The lowest BCUT2D eigenvalue weighted by Gasteiger charge is -2.19. The number of rotatable bonds is 7. The SMILES string of the molecule is CN=C(NCCCOC)NCc1cccc(N2CC=CC2)c1.I. The highest BCUT2D eigenvalue weighted by molar-refractivity contribution is 14.0. The highest BCUT2D eigenvalue weighted by atomic mass is 127. The van der Waals surface area contributed by atoms with E-state index in [9.17, 15) is 0 Å². The van der Waals surface area contributed by atoms with E-state index in [1.807, 2.05) is 0 Å². The van der Waals surface area contributed by atoms with E-state index >= 15 is 0 Å². The van der Waals surface area contributed by atoms with Gasteiger partial charge in [-0.1, -0.05) is 24.3 Å². The first-order valence-electron chi connectivity index (χ1n) is 7.76. The molecule has 0 bridgehead atoms. The first kappa shape index (κ1) is 19.8. The molecule has 1 aliphatic rings. The number of ether oxygens (including phenoxy) is 1. The van der Waals surface area contributed by atoms with Gasteiger partial charge in [0.2, 0.25) is 0 Å². The standard InChI is InChI=1S/C17H26N4O.HI/c1-18-17(19-9-6-12-22-2)20-14-15-7-5-8-16(13-15)21-10-3-4-11-21;/h3-5,7-8,13H,6,9-12,14H2,1-2H3,(H2,18,19,20);1H. The second-order valence-corrected chi connectivity index (χ2v) is 5.25. The van der Waals surface area contributed by atoms with Crippen LogP contribution in [0.4, 0.5) is 5.69 Å². The van der Waals surface area contributed by atoms with Crippen molar-refractivity contribution in [2.75, 3.05) is 45.3 Å². The Hall–Kier alpha value is -1.28. The summed E-state index contributed by atoms with van der Waals surface area (Å²) >= 11 is 0. The van der Waals surface area contributed by atoms with Crippen LogP contribution in [0, 0.1) is 0 Å². The largest absolute Gasteiger partial charge is 0.385 e. The van der Waals surface area contributed by atoms with Gasteiger partial charge in [-0.05, 0) is 24.1 Å². The minimum Gasteiger partial charge on any atom is -0.385 e. The molecule has 2 N–H and O–H groups in total. The van der Waals surface area contributed by atoms with Crippen LogP contribution in [0.5, 0.6) is 0 Å². The van der Waals surface area contributed by atoms with E-state index in [-0.39, 0.29) is 24.0 Å². The van der Waals surface area contributed by atoms with Crippen molar-refractivity contribution in [1.82, 2.24) is 10.6 Å². The summed E-state index contributed by atoms with van der Waals surface area (Å²) in [6.07, 6.45) is 5.38. The molecule has 0 saturated carbocycles. The summed E-state index contributed by atoms with van der Waals surface area (Å²) in [5, 5.41) is 6.63. The van der Waals surface area contributed by atoms with Crippen LogP contribution in [0.1, 0.15) is 12.0 Å². The van der Waals surface area contributed by atoms with Crippen LogP contribution in [-0.2, 0) is 11.3 Å². The zero-order valence-corrected chi connectivity index (χ0v) is 16.2. The van der Waals surface area contributed by atoms with Crippen molar-refractivity contribution in [2.45, 2.75) is 13.0 Å². The topological polar surface area (TPSA) is 48.9 Å². The van der Waals surface area contributed by atoms with Crippen LogP contribution < -0.4 is 15.5 Å². The second-order valence-electron chi connectivity index (χ2n) is 5.25. The van der Waals surface area contributed by atoms with E-state index in [0.717, 1.165) is 45.2 Å². The van der Waals surface area contributed by atoms with Gasteiger partial charge in [-0.2, -0.15) is 0 Å². The van der Waals surface area contributed by atoms with Crippen LogP contribution in [0.15, 0.2) is 41.4 Å². The number of anilines is 1. The van der Waals surface area contributed by atoms with Crippen molar-refractivity contribution in [3.8, 4) is 0 Å². The number of hydrogen-bond donors (Lipinski definition) is 2. The molecule has 0 atom stereocenters. The van der Waals surface area contributed by atoms with Crippen molar-refractivity contribution in [3.63, 3.8) is 0 Å². The van der Waals surface area contributed by atoms with E-state index in [1.165, 1.54) is 11.3 Å². The minimum atomic E-state index is 0. The van der Waals surface area contributed by atoms with E-state index < -0.39 is 0 Å². The maximum absolute atomic E-state index is 5.04. The average Bonchev–Trinajstić information content (AvgIpc) is 3.09. The van der Waals surface area contributed by atoms with Gasteiger partial charge in [-0.3, -0.25) is 4.99 Å². The predicted octanol–water partition coefficient (Wildman–Crippen LogP) is 2.38. The maximum atomic E-state index is 5.04. The summed E-state index contributed by atoms with van der Waals surface area (Å²) in [5.74, 6) is 0.823. The number of benzene rings is 1. The van der Waals surface area contributed by atoms with Crippen molar-refractivity contribution in [2.24, 2.45) is 4.99 Å². The number of halogens is 1. The number of nitrogens with one attached hydrogen (secondary N) is 2. The summed E-state index contributed by atoms with van der Waals surface area (Å²) in [4.78, 5) is 6.58. The lowest BCUT2D eigenvalue weighted by molar-refractivity contribution is 0.195. The van der Waals surface area contributed by atoms with Gasteiger partial charge in [0.1, 0.15) is 0 Å². The molecule has 1 heterocycles. The number of aliphatic imine (C=N–C) groups is 1. The van der Waals surface area contributed by atoms with Gasteiger partial charge in [0.25, 0.3) is 0 Å². The highest BCUT2D eigenvalue weighted by Crippen LogP contribution is 2.18. The number of nitrogens with zero attached hydrogens (tertiary/aromatic N) is 2. The van der Waals surface area contributed by atoms with Crippen LogP contribution >= 0.6 is 24.0 Å². The van der Waals surface area contributed by atoms with E-state index in [4.69, 9.17) is 4.74 Å². The first-order chi connectivity index (χ1) is 10.8. The number of methoxy groups -OCH3 is 1. The summed E-state index contributed by atoms with van der Waals surface area (Å²) in [5.41, 5.74) is 2.52. The van der Waals surface area contributed by atoms with Gasteiger partial charge in [0.15, 0.2) is 5.96 Å². The predicted molar refractivity (Wildman–Crippen MR) is 108 cm³/mol. The Bertz CT molecular complexity index is 511. The molecule has 0 fully saturated rings. The monoisotopic (exact) mass is 430 g/mol. The Labute approximate surface area is 156 Å². The third-order valence-corrected chi connectivity index (χ3v) is 3.60. The lowest BCUT2D eigenvalue weighted by Crippen LogP contribution is -2.37. The van der Waals surface area contributed by atoms with Crippen molar-refractivity contribution in [3.05, 3.63) is 42.0 Å². The molecular weight excluding hydrogens is 403 g/mol. The number of guanidine groups is 1. The van der Waals surface area contributed by atoms with Gasteiger partial charge in [-0.25, -0.2) is 0 Å². The van der Waals surface area contributed by atoms with Crippen molar-refractivity contribution in [1.29, 1.82) is 0 Å². The fourth-order valence-corrected chi connectivity index (χ4v) is 2.38. The van der Waals surface area contributed by atoms with Crippen molar-refractivity contribution >= 4 is 35.6 Å². The molecule has 6 heteroatoms. The Kier molecular flexibility index (Phi) is 9.70. The quantitative estimate of drug-likeness (QED) is 0.229. The molecular formula is C17H27IN4O. The summed E-state index contributed by atoms with van der Waals surface area (Å²) in [6.45, 7) is 4.38. The molecule has 0 spiro atoms. The molecule has 0 amide bonds. The molecule has 1 aromatic rings. The highest BCUT2D eigenvalue weighted by Gasteiger charge is 2.07. The molecule has 128 valence electrons. The van der Waals surface area contributed by atoms with Gasteiger partial charge >= 0.3 is 0 Å². The van der Waals surface area contributed by atoms with Gasteiger partial charge in [0, 0.05) is 52.6 Å². The fraction of sp³-hybridized carbons (Fsp3) is 0.471. The van der Waals surface area contributed by atoms with Gasteiger partial charge in [-0.15, -0.1) is 24.0 Å². The van der Waals surface area contributed by atoms with E-state index in [1.54, 1.807) is 14.2 Å². The Morgan fingerprint density at radius 1 is 1.26 bits per heavy atom. The molecule has 23 heavy (non-hydrogen) atoms. The second kappa shape index (κ2) is 11.3. The smallest absolute Gasteiger partial charge is 0.191 e. The average molecular weight is 430 g/mol. The van der Waals surface area contributed by atoms with Crippen LogP contribution in [-0.4, -0.2) is 46.4 Å². The molecule has 0 aliphatic carbocycles. The number of hydrogen-bond acceptors (Lipinski definition) is 3. The third kappa shape index (κ3) is 6.78. The third-order valence-electron chi connectivity index (χ3n) is 3.60. The summed E-state index contributed by atoms with van der Waals surface area (Å²) in [6, 6.07) is 8.64. The van der Waals surface area contributed by atoms with E-state index in [2.05, 4.69) is 56.9 Å². The van der Waals surface area contributed by atoms with Crippen LogP contribution in [0.25, 0.3) is 0 Å². The lowest BCUT2D eigenvalue weighted by atomic mass is 10.2. The Morgan fingerprint density at radius 2 is 2.04 bits per heavy atom. The zero-order valence-electron chi connectivity index (χ0n) is 13.9. The molecule has 0 saturated heterocycles. The molecule has 0 radical (unpaired) electrons. The molecule has 0 aromatic heterocycles. The first-order valence-corrected chi connectivity index (χ1v) is 7.76. The van der Waals surface area contributed by atoms with Crippen LogP contribution in [0.2, 0.25) is 0 Å². The zero-order chi connectivity index (χ0) is 15.6. The van der Waals surface area contributed by atoms with Crippen molar-refractivity contribution < 1.29 is 4.74 Å². The molecule has 1 aromatic carbocycles. The normalized spacial score (nSPS) is 13.8. The maximum Gasteiger partial charge on any atom is 0.191 e. The Balaban J connectivity index is 0.00000264. The summed E-state index contributed by atoms with van der Waals surface area (Å²) in [7, 11) is 3.51. The molecule has 0 unspecified atom stereocenters. The molecule has 2 rings (SSSR count). The minimum absolute atomic E-state index is 0. The molecule has 5 nitrogen and oxygen atoms in total.